The number of aromatic nitrogens is 2. The van der Waals surface area contributed by atoms with Crippen LogP contribution in [-0.2, 0) is 0 Å². The molecule has 5 heteroatoms. The first-order chi connectivity index (χ1) is 9.52. The molecule has 20 heavy (non-hydrogen) atoms. The predicted molar refractivity (Wildman–Crippen MR) is 85.0 cm³/mol. The third-order valence-electron chi connectivity index (χ3n) is 3.25. The fourth-order valence-electron chi connectivity index (χ4n) is 2.05. The van der Waals surface area contributed by atoms with Gasteiger partial charge in [-0.3, -0.25) is 0 Å². The molecule has 3 nitrogen and oxygen atoms in total. The van der Waals surface area contributed by atoms with Gasteiger partial charge in [0.05, 0.1) is 16.4 Å². The number of nitrogens with zero attached hydrogens (tertiary/aromatic N) is 2. The van der Waals surface area contributed by atoms with Crippen LogP contribution in [0.15, 0.2) is 24.4 Å². The molecular weight excluding hydrogens is 293 g/mol. The van der Waals surface area contributed by atoms with E-state index in [4.69, 9.17) is 23.2 Å². The van der Waals surface area contributed by atoms with Crippen LogP contribution in [0.1, 0.15) is 37.6 Å². The first kappa shape index (κ1) is 15.4. The Hall–Kier alpha value is -1.03. The van der Waals surface area contributed by atoms with Crippen LogP contribution in [0.4, 0.5) is 0 Å². The number of rotatable bonds is 5. The monoisotopic (exact) mass is 311 g/mol. The van der Waals surface area contributed by atoms with E-state index in [1.54, 1.807) is 10.9 Å². The minimum atomic E-state index is 0.236. The van der Waals surface area contributed by atoms with Crippen molar-refractivity contribution in [3.8, 4) is 5.69 Å². The van der Waals surface area contributed by atoms with Gasteiger partial charge >= 0.3 is 0 Å². The van der Waals surface area contributed by atoms with Gasteiger partial charge in [-0.1, -0.05) is 36.2 Å². The zero-order chi connectivity index (χ0) is 14.7. The second kappa shape index (κ2) is 6.61. The van der Waals surface area contributed by atoms with Crippen molar-refractivity contribution in [1.29, 1.82) is 0 Å². The van der Waals surface area contributed by atoms with Gasteiger partial charge in [0.1, 0.15) is 0 Å². The van der Waals surface area contributed by atoms with E-state index in [1.165, 1.54) is 0 Å². The van der Waals surface area contributed by atoms with Crippen LogP contribution in [0, 0.1) is 6.92 Å². The van der Waals surface area contributed by atoms with E-state index >= 15 is 0 Å². The second-order valence-corrected chi connectivity index (χ2v) is 5.70. The quantitative estimate of drug-likeness (QED) is 0.878. The Kier molecular flexibility index (Phi) is 5.08. The van der Waals surface area contributed by atoms with Crippen LogP contribution in [0.3, 0.4) is 0 Å². The van der Waals surface area contributed by atoms with Crippen molar-refractivity contribution >= 4 is 23.2 Å². The van der Waals surface area contributed by atoms with Gasteiger partial charge in [0.15, 0.2) is 0 Å². The van der Waals surface area contributed by atoms with Crippen molar-refractivity contribution in [1.82, 2.24) is 15.1 Å². The van der Waals surface area contributed by atoms with E-state index in [1.807, 2.05) is 25.1 Å². The summed E-state index contributed by atoms with van der Waals surface area (Å²) in [6.07, 6.45) is 2.89. The molecule has 0 aliphatic heterocycles. The molecule has 1 heterocycles. The molecule has 1 atom stereocenters. The summed E-state index contributed by atoms with van der Waals surface area (Å²) >= 11 is 12.4. The van der Waals surface area contributed by atoms with Crippen molar-refractivity contribution < 1.29 is 0 Å². The minimum absolute atomic E-state index is 0.236. The normalized spacial score (nSPS) is 12.7. The lowest BCUT2D eigenvalue weighted by Crippen LogP contribution is -2.19. The maximum absolute atomic E-state index is 6.39. The Bertz CT molecular complexity index is 573. The summed E-state index contributed by atoms with van der Waals surface area (Å²) < 4.78 is 1.75. The molecule has 1 aromatic heterocycles. The lowest BCUT2D eigenvalue weighted by molar-refractivity contribution is 0.571. The van der Waals surface area contributed by atoms with E-state index in [2.05, 4.69) is 24.3 Å². The van der Waals surface area contributed by atoms with Crippen LogP contribution >= 0.6 is 23.2 Å². The summed E-state index contributed by atoms with van der Waals surface area (Å²) in [6.45, 7) is 7.12. The maximum Gasteiger partial charge on any atom is 0.0819 e. The fourth-order valence-corrected chi connectivity index (χ4v) is 2.52. The Balaban J connectivity index is 2.25. The van der Waals surface area contributed by atoms with Gasteiger partial charge in [0.2, 0.25) is 0 Å². The summed E-state index contributed by atoms with van der Waals surface area (Å²) in [5.74, 6) is 0. The highest BCUT2D eigenvalue weighted by Gasteiger charge is 2.11. The van der Waals surface area contributed by atoms with Crippen molar-refractivity contribution in [3.63, 3.8) is 0 Å². The van der Waals surface area contributed by atoms with E-state index in [0.29, 0.717) is 5.02 Å². The zero-order valence-electron chi connectivity index (χ0n) is 12.0. The summed E-state index contributed by atoms with van der Waals surface area (Å²) in [5.41, 5.74) is 2.82. The van der Waals surface area contributed by atoms with E-state index in [0.717, 1.165) is 34.9 Å². The molecule has 1 unspecified atom stereocenters. The summed E-state index contributed by atoms with van der Waals surface area (Å²) in [7, 11) is 0. The third kappa shape index (κ3) is 3.35. The molecule has 0 aliphatic rings. The number of halogens is 2. The standard InChI is InChI=1S/C15H19Cl2N3/c1-4-7-18-10(2)13-6-5-12(8-14(13)16)20-9-15(17)11(3)19-20/h5-6,8-10,18H,4,7H2,1-3H3. The molecule has 1 aromatic carbocycles. The van der Waals surface area contributed by atoms with Crippen LogP contribution in [0.5, 0.6) is 0 Å². The smallest absolute Gasteiger partial charge is 0.0819 e. The number of aryl methyl sites for hydroxylation is 1. The van der Waals surface area contributed by atoms with Crippen LogP contribution in [0.2, 0.25) is 10.0 Å². The molecule has 0 amide bonds. The van der Waals surface area contributed by atoms with Gasteiger partial charge in [-0.15, -0.1) is 0 Å². The Morgan fingerprint density at radius 1 is 1.30 bits per heavy atom. The highest BCUT2D eigenvalue weighted by atomic mass is 35.5. The largest absolute Gasteiger partial charge is 0.310 e. The topological polar surface area (TPSA) is 29.9 Å². The predicted octanol–water partition coefficient (Wildman–Crippen LogP) is 4.55. The average molecular weight is 312 g/mol. The lowest BCUT2D eigenvalue weighted by Gasteiger charge is -2.16. The van der Waals surface area contributed by atoms with Gasteiger partial charge in [-0.2, -0.15) is 5.10 Å². The molecule has 0 saturated heterocycles. The number of hydrogen-bond acceptors (Lipinski definition) is 2. The molecule has 0 aliphatic carbocycles. The lowest BCUT2D eigenvalue weighted by atomic mass is 10.1. The first-order valence-electron chi connectivity index (χ1n) is 6.78. The molecule has 2 aromatic rings. The molecule has 108 valence electrons. The van der Waals surface area contributed by atoms with Crippen LogP contribution in [-0.4, -0.2) is 16.3 Å². The van der Waals surface area contributed by atoms with E-state index < -0.39 is 0 Å². The maximum atomic E-state index is 6.39. The van der Waals surface area contributed by atoms with Gasteiger partial charge in [0, 0.05) is 17.3 Å². The van der Waals surface area contributed by atoms with Crippen molar-refractivity contribution in [2.75, 3.05) is 6.54 Å². The zero-order valence-corrected chi connectivity index (χ0v) is 13.5. The summed E-state index contributed by atoms with van der Waals surface area (Å²) in [5, 5.41) is 9.18. The van der Waals surface area contributed by atoms with Crippen molar-refractivity contribution in [2.24, 2.45) is 0 Å². The highest BCUT2D eigenvalue weighted by molar-refractivity contribution is 6.31. The summed E-state index contributed by atoms with van der Waals surface area (Å²) in [4.78, 5) is 0. The van der Waals surface area contributed by atoms with E-state index in [-0.39, 0.29) is 6.04 Å². The van der Waals surface area contributed by atoms with Gasteiger partial charge in [-0.05, 0) is 44.5 Å². The fraction of sp³-hybridized carbons (Fsp3) is 0.400. The Labute approximate surface area is 129 Å². The van der Waals surface area contributed by atoms with Gasteiger partial charge < -0.3 is 5.32 Å². The Morgan fingerprint density at radius 3 is 2.60 bits per heavy atom. The van der Waals surface area contributed by atoms with Crippen LogP contribution in [0.25, 0.3) is 5.69 Å². The van der Waals surface area contributed by atoms with Gasteiger partial charge in [-0.25, -0.2) is 4.68 Å². The molecule has 0 spiro atoms. The number of benzene rings is 1. The van der Waals surface area contributed by atoms with E-state index in [9.17, 15) is 0 Å². The van der Waals surface area contributed by atoms with Crippen molar-refractivity contribution in [2.45, 2.75) is 33.2 Å². The number of hydrogen-bond donors (Lipinski definition) is 1. The molecule has 0 fully saturated rings. The summed E-state index contributed by atoms with van der Waals surface area (Å²) in [6, 6.07) is 6.20. The van der Waals surface area contributed by atoms with Gasteiger partial charge in [0.25, 0.3) is 0 Å². The Morgan fingerprint density at radius 2 is 2.05 bits per heavy atom. The molecule has 1 N–H and O–H groups in total. The highest BCUT2D eigenvalue weighted by Crippen LogP contribution is 2.26. The molecule has 0 bridgehead atoms. The molecular formula is C15H19Cl2N3. The third-order valence-corrected chi connectivity index (χ3v) is 3.95. The molecule has 0 radical (unpaired) electrons. The SMILES string of the molecule is CCCNC(C)c1ccc(-n2cc(Cl)c(C)n2)cc1Cl. The minimum Gasteiger partial charge on any atom is -0.310 e. The van der Waals surface area contributed by atoms with Crippen LogP contribution < -0.4 is 5.32 Å². The second-order valence-electron chi connectivity index (χ2n) is 4.89. The molecule has 0 saturated carbocycles. The number of nitrogens with one attached hydrogen (secondary N) is 1. The average Bonchev–Trinajstić information content (AvgIpc) is 2.76. The molecule has 2 rings (SSSR count). The first-order valence-corrected chi connectivity index (χ1v) is 7.53. The van der Waals surface area contributed by atoms with Crippen molar-refractivity contribution in [3.05, 3.63) is 45.7 Å².